The average Bonchev–Trinajstić information content (AvgIpc) is 2.72. The Labute approximate surface area is 177 Å². The van der Waals surface area contributed by atoms with Crippen molar-refractivity contribution in [1.82, 2.24) is 9.62 Å². The maximum Gasteiger partial charge on any atom is 0.240 e. The molecule has 30 heavy (non-hydrogen) atoms. The number of para-hydroxylation sites is 1. The zero-order valence-corrected chi connectivity index (χ0v) is 18.2. The quantitative estimate of drug-likeness (QED) is 0.729. The van der Waals surface area contributed by atoms with Crippen molar-refractivity contribution in [1.29, 1.82) is 0 Å². The number of amides is 1. The summed E-state index contributed by atoms with van der Waals surface area (Å²) < 4.78 is 40.8. The molecule has 1 saturated heterocycles. The molecule has 0 spiro atoms. The lowest BCUT2D eigenvalue weighted by molar-refractivity contribution is -0.131. The largest absolute Gasteiger partial charge is 0.366 e. The number of hydrogen-bond donors (Lipinski definition) is 1. The van der Waals surface area contributed by atoms with E-state index in [1.54, 1.807) is 50.2 Å². The van der Waals surface area contributed by atoms with Crippen molar-refractivity contribution < 1.29 is 17.6 Å². The number of sulfonamides is 1. The van der Waals surface area contributed by atoms with Crippen LogP contribution in [0.1, 0.15) is 25.8 Å². The second-order valence-corrected chi connectivity index (χ2v) is 9.45. The van der Waals surface area contributed by atoms with Gasteiger partial charge >= 0.3 is 0 Å². The molecule has 0 aromatic heterocycles. The Hall–Kier alpha value is -2.45. The summed E-state index contributed by atoms with van der Waals surface area (Å²) in [5.74, 6) is -0.187. The lowest BCUT2D eigenvalue weighted by Gasteiger charge is -2.36. The highest BCUT2D eigenvalue weighted by Gasteiger charge is 2.22. The Bertz CT molecular complexity index is 969. The van der Waals surface area contributed by atoms with E-state index in [9.17, 15) is 17.6 Å². The molecule has 1 aliphatic heterocycles. The van der Waals surface area contributed by atoms with Crippen LogP contribution in [-0.2, 0) is 21.2 Å². The third kappa shape index (κ3) is 5.58. The van der Waals surface area contributed by atoms with E-state index in [2.05, 4.69) is 4.72 Å². The van der Waals surface area contributed by atoms with E-state index in [0.717, 1.165) is 5.56 Å². The molecule has 8 heteroatoms. The van der Waals surface area contributed by atoms with Gasteiger partial charge in [0.2, 0.25) is 15.9 Å². The molecule has 6 nitrogen and oxygen atoms in total. The predicted octanol–water partition coefficient (Wildman–Crippen LogP) is 2.79. The van der Waals surface area contributed by atoms with Crippen LogP contribution in [0.3, 0.4) is 0 Å². The summed E-state index contributed by atoms with van der Waals surface area (Å²) in [6, 6.07) is 13.1. The minimum absolute atomic E-state index is 0.0568. The molecule has 1 aliphatic rings. The van der Waals surface area contributed by atoms with Crippen molar-refractivity contribution in [3.05, 3.63) is 59.9 Å². The maximum atomic E-state index is 13.9. The molecule has 0 unspecified atom stereocenters. The molecular weight excluding hydrogens is 405 g/mol. The van der Waals surface area contributed by atoms with E-state index in [1.807, 2.05) is 15.9 Å². The molecule has 2 aromatic carbocycles. The number of aryl methyl sites for hydroxylation is 1. The maximum absolute atomic E-state index is 13.9. The third-order valence-electron chi connectivity index (χ3n) is 5.08. The molecule has 0 atom stereocenters. The number of piperazine rings is 1. The Morgan fingerprint density at radius 3 is 2.27 bits per heavy atom. The van der Waals surface area contributed by atoms with Gasteiger partial charge in [-0.15, -0.1) is 0 Å². The van der Waals surface area contributed by atoms with Crippen LogP contribution in [0.25, 0.3) is 0 Å². The minimum atomic E-state index is -3.51. The van der Waals surface area contributed by atoms with E-state index in [4.69, 9.17) is 0 Å². The fourth-order valence-corrected chi connectivity index (χ4v) is 4.78. The van der Waals surface area contributed by atoms with Crippen molar-refractivity contribution >= 4 is 21.6 Å². The number of rotatable bonds is 7. The molecule has 0 bridgehead atoms. The fourth-order valence-electron chi connectivity index (χ4n) is 3.53. The van der Waals surface area contributed by atoms with Crippen molar-refractivity contribution in [2.24, 2.45) is 0 Å². The van der Waals surface area contributed by atoms with Gasteiger partial charge in [0.05, 0.1) is 10.6 Å². The van der Waals surface area contributed by atoms with Crippen molar-refractivity contribution in [2.45, 2.75) is 37.6 Å². The van der Waals surface area contributed by atoms with Crippen LogP contribution >= 0.6 is 0 Å². The first-order chi connectivity index (χ1) is 14.3. The van der Waals surface area contributed by atoms with Gasteiger partial charge in [-0.3, -0.25) is 4.79 Å². The monoisotopic (exact) mass is 433 g/mol. The van der Waals surface area contributed by atoms with Crippen LogP contribution in [-0.4, -0.2) is 51.4 Å². The van der Waals surface area contributed by atoms with E-state index in [0.29, 0.717) is 44.7 Å². The van der Waals surface area contributed by atoms with Gasteiger partial charge in [-0.1, -0.05) is 24.3 Å². The highest BCUT2D eigenvalue weighted by atomic mass is 32.2. The molecule has 0 aliphatic carbocycles. The molecule has 1 amide bonds. The summed E-state index contributed by atoms with van der Waals surface area (Å²) in [4.78, 5) is 16.5. The van der Waals surface area contributed by atoms with Crippen molar-refractivity contribution in [3.8, 4) is 0 Å². The Balaban J connectivity index is 1.50. The first-order valence-electron chi connectivity index (χ1n) is 10.1. The van der Waals surface area contributed by atoms with Gasteiger partial charge in [-0.25, -0.2) is 17.5 Å². The Kier molecular flexibility index (Phi) is 7.10. The first kappa shape index (κ1) is 22.2. The van der Waals surface area contributed by atoms with Gasteiger partial charge in [0.15, 0.2) is 0 Å². The molecule has 1 heterocycles. The molecule has 0 radical (unpaired) electrons. The number of nitrogens with zero attached hydrogens (tertiary/aromatic N) is 2. The van der Waals surface area contributed by atoms with E-state index in [-0.39, 0.29) is 22.7 Å². The van der Waals surface area contributed by atoms with Gasteiger partial charge in [-0.05, 0) is 50.1 Å². The SMILES string of the molecule is CC(C)NS(=O)(=O)c1ccc(CCC(=O)N2CCN(c3ccccc3F)CC2)cc1. The second-order valence-electron chi connectivity index (χ2n) is 7.74. The topological polar surface area (TPSA) is 69.7 Å². The zero-order chi connectivity index (χ0) is 21.7. The van der Waals surface area contributed by atoms with Gasteiger partial charge < -0.3 is 9.80 Å². The molecule has 162 valence electrons. The lowest BCUT2D eigenvalue weighted by atomic mass is 10.1. The summed E-state index contributed by atoms with van der Waals surface area (Å²) in [5, 5.41) is 0. The van der Waals surface area contributed by atoms with Crippen LogP contribution < -0.4 is 9.62 Å². The molecule has 3 rings (SSSR count). The third-order valence-corrected chi connectivity index (χ3v) is 6.75. The molecule has 1 N–H and O–H groups in total. The number of nitrogens with one attached hydrogen (secondary N) is 1. The molecule has 0 saturated carbocycles. The Morgan fingerprint density at radius 1 is 1.03 bits per heavy atom. The smallest absolute Gasteiger partial charge is 0.240 e. The number of carbonyl (C=O) groups excluding carboxylic acids is 1. The number of halogens is 1. The van der Waals surface area contributed by atoms with E-state index >= 15 is 0 Å². The van der Waals surface area contributed by atoms with Crippen molar-refractivity contribution in [3.63, 3.8) is 0 Å². The van der Waals surface area contributed by atoms with E-state index < -0.39 is 10.0 Å². The zero-order valence-electron chi connectivity index (χ0n) is 17.3. The van der Waals surface area contributed by atoms with Gasteiger partial charge in [-0.2, -0.15) is 0 Å². The van der Waals surface area contributed by atoms with Crippen LogP contribution in [0.2, 0.25) is 0 Å². The van der Waals surface area contributed by atoms with Gasteiger partial charge in [0.25, 0.3) is 0 Å². The molecule has 1 fully saturated rings. The summed E-state index contributed by atoms with van der Waals surface area (Å²) >= 11 is 0. The number of carbonyl (C=O) groups is 1. The average molecular weight is 434 g/mol. The van der Waals surface area contributed by atoms with Gasteiger partial charge in [0, 0.05) is 38.6 Å². The predicted molar refractivity (Wildman–Crippen MR) is 115 cm³/mol. The first-order valence-corrected chi connectivity index (χ1v) is 11.6. The standard InChI is InChI=1S/C22H28FN3O3S/c1-17(2)24-30(28,29)19-10-7-18(8-11-19)9-12-22(27)26-15-13-25(14-16-26)21-6-4-3-5-20(21)23/h3-8,10-11,17,24H,9,12-16H2,1-2H3. The van der Waals surface area contributed by atoms with Crippen LogP contribution in [0, 0.1) is 5.82 Å². The highest BCUT2D eigenvalue weighted by Crippen LogP contribution is 2.20. The lowest BCUT2D eigenvalue weighted by Crippen LogP contribution is -2.49. The summed E-state index contributed by atoms with van der Waals surface area (Å²) in [7, 11) is -3.51. The summed E-state index contributed by atoms with van der Waals surface area (Å²) in [5.41, 5.74) is 1.49. The van der Waals surface area contributed by atoms with Crippen LogP contribution in [0.15, 0.2) is 53.4 Å². The van der Waals surface area contributed by atoms with Crippen LogP contribution in [0.5, 0.6) is 0 Å². The molecule has 2 aromatic rings. The number of benzene rings is 2. The fraction of sp³-hybridized carbons (Fsp3) is 0.409. The summed E-state index contributed by atoms with van der Waals surface area (Å²) in [6.07, 6.45) is 0.903. The Morgan fingerprint density at radius 2 is 1.67 bits per heavy atom. The highest BCUT2D eigenvalue weighted by molar-refractivity contribution is 7.89. The minimum Gasteiger partial charge on any atom is -0.366 e. The normalized spacial score (nSPS) is 14.9. The van der Waals surface area contributed by atoms with Crippen molar-refractivity contribution in [2.75, 3.05) is 31.1 Å². The number of hydrogen-bond acceptors (Lipinski definition) is 4. The number of anilines is 1. The summed E-state index contributed by atoms with van der Waals surface area (Å²) in [6.45, 7) is 5.86. The van der Waals surface area contributed by atoms with E-state index in [1.165, 1.54) is 6.07 Å². The van der Waals surface area contributed by atoms with Gasteiger partial charge in [0.1, 0.15) is 5.82 Å². The molecular formula is C22H28FN3O3S. The van der Waals surface area contributed by atoms with Crippen LogP contribution in [0.4, 0.5) is 10.1 Å². The second kappa shape index (κ2) is 9.57.